The van der Waals surface area contributed by atoms with Gasteiger partial charge in [-0.25, -0.2) is 0 Å². The standard InChI is InChI=1S/C8H9Cl2NO/c9-6-2-1-3-7(10)8(6)11-4-5-12/h1-3,11-12H,4-5H2. The molecular formula is C8H9Cl2NO. The average molecular weight is 206 g/mol. The zero-order chi connectivity index (χ0) is 8.97. The van der Waals surface area contributed by atoms with Crippen molar-refractivity contribution in [3.05, 3.63) is 28.2 Å². The third-order valence-electron chi connectivity index (χ3n) is 1.38. The number of anilines is 1. The molecule has 12 heavy (non-hydrogen) atoms. The lowest BCUT2D eigenvalue weighted by Gasteiger charge is -2.07. The van der Waals surface area contributed by atoms with Crippen molar-refractivity contribution < 1.29 is 5.11 Å². The Balaban J connectivity index is 2.81. The molecule has 0 saturated heterocycles. The Labute approximate surface area is 81.1 Å². The number of hydrogen-bond acceptors (Lipinski definition) is 2. The number of aliphatic hydroxyl groups is 1. The molecule has 2 nitrogen and oxygen atoms in total. The van der Waals surface area contributed by atoms with Crippen LogP contribution in [0.3, 0.4) is 0 Å². The summed E-state index contributed by atoms with van der Waals surface area (Å²) < 4.78 is 0. The van der Waals surface area contributed by atoms with Gasteiger partial charge < -0.3 is 10.4 Å². The molecule has 1 aromatic rings. The molecular weight excluding hydrogens is 197 g/mol. The van der Waals surface area contributed by atoms with Crippen molar-refractivity contribution in [3.63, 3.8) is 0 Å². The van der Waals surface area contributed by atoms with Crippen LogP contribution in [0.25, 0.3) is 0 Å². The predicted octanol–water partition coefficient (Wildman–Crippen LogP) is 2.40. The summed E-state index contributed by atoms with van der Waals surface area (Å²) in [5.74, 6) is 0. The van der Waals surface area contributed by atoms with Gasteiger partial charge in [0.25, 0.3) is 0 Å². The highest BCUT2D eigenvalue weighted by Gasteiger charge is 2.02. The minimum absolute atomic E-state index is 0.0571. The maximum Gasteiger partial charge on any atom is 0.0719 e. The van der Waals surface area contributed by atoms with Crippen LogP contribution < -0.4 is 5.32 Å². The minimum Gasteiger partial charge on any atom is -0.395 e. The highest BCUT2D eigenvalue weighted by molar-refractivity contribution is 6.39. The molecule has 66 valence electrons. The van der Waals surface area contributed by atoms with Crippen LogP contribution in [0, 0.1) is 0 Å². The molecule has 4 heteroatoms. The first-order chi connectivity index (χ1) is 5.75. The largest absolute Gasteiger partial charge is 0.395 e. The Morgan fingerprint density at radius 1 is 1.25 bits per heavy atom. The van der Waals surface area contributed by atoms with Crippen LogP contribution in [0.2, 0.25) is 10.0 Å². The van der Waals surface area contributed by atoms with E-state index < -0.39 is 0 Å². The molecule has 0 amide bonds. The van der Waals surface area contributed by atoms with Crippen molar-refractivity contribution in [2.45, 2.75) is 0 Å². The molecule has 0 heterocycles. The highest BCUT2D eigenvalue weighted by Crippen LogP contribution is 2.29. The summed E-state index contributed by atoms with van der Waals surface area (Å²) in [6.07, 6.45) is 0. The Morgan fingerprint density at radius 2 is 1.83 bits per heavy atom. The summed E-state index contributed by atoms with van der Waals surface area (Å²) >= 11 is 11.7. The van der Waals surface area contributed by atoms with Crippen molar-refractivity contribution in [2.24, 2.45) is 0 Å². The lowest BCUT2D eigenvalue weighted by Crippen LogP contribution is -2.06. The summed E-state index contributed by atoms with van der Waals surface area (Å²) in [5.41, 5.74) is 0.676. The first-order valence-corrected chi connectivity index (χ1v) is 4.30. The van der Waals surface area contributed by atoms with E-state index in [0.29, 0.717) is 22.3 Å². The lowest BCUT2D eigenvalue weighted by atomic mass is 10.3. The van der Waals surface area contributed by atoms with Crippen molar-refractivity contribution in [1.29, 1.82) is 0 Å². The number of hydrogen-bond donors (Lipinski definition) is 2. The first-order valence-electron chi connectivity index (χ1n) is 3.54. The fourth-order valence-corrected chi connectivity index (χ4v) is 1.38. The van der Waals surface area contributed by atoms with Crippen LogP contribution in [0.15, 0.2) is 18.2 Å². The van der Waals surface area contributed by atoms with Crippen molar-refractivity contribution >= 4 is 28.9 Å². The summed E-state index contributed by atoms with van der Waals surface area (Å²) in [7, 11) is 0. The zero-order valence-corrected chi connectivity index (χ0v) is 7.86. The molecule has 0 aliphatic rings. The molecule has 0 spiro atoms. The molecule has 0 radical (unpaired) electrons. The minimum atomic E-state index is 0.0571. The Hall–Kier alpha value is -0.440. The average Bonchev–Trinajstić information content (AvgIpc) is 2.04. The molecule has 0 aliphatic carbocycles. The lowest BCUT2D eigenvalue weighted by molar-refractivity contribution is 0.311. The number of aliphatic hydroxyl groups excluding tert-OH is 1. The maximum absolute atomic E-state index is 8.56. The van der Waals surface area contributed by atoms with E-state index in [1.807, 2.05) is 0 Å². The Kier molecular flexibility index (Phi) is 3.66. The molecule has 0 saturated carbocycles. The number of rotatable bonds is 3. The number of para-hydroxylation sites is 1. The van der Waals surface area contributed by atoms with Gasteiger partial charge in [-0.1, -0.05) is 29.3 Å². The van der Waals surface area contributed by atoms with E-state index in [4.69, 9.17) is 28.3 Å². The third kappa shape index (κ3) is 2.27. The molecule has 0 unspecified atom stereocenters. The van der Waals surface area contributed by atoms with Gasteiger partial charge in [-0.05, 0) is 12.1 Å². The van der Waals surface area contributed by atoms with E-state index in [-0.39, 0.29) is 6.61 Å². The van der Waals surface area contributed by atoms with Crippen molar-refractivity contribution in [1.82, 2.24) is 0 Å². The monoisotopic (exact) mass is 205 g/mol. The molecule has 0 bridgehead atoms. The Bertz CT molecular complexity index is 245. The number of halogens is 2. The molecule has 1 aromatic carbocycles. The van der Waals surface area contributed by atoms with Gasteiger partial charge in [-0.3, -0.25) is 0 Å². The predicted molar refractivity (Wildman–Crippen MR) is 52.0 cm³/mol. The second-order valence-electron chi connectivity index (χ2n) is 2.25. The molecule has 0 aliphatic heterocycles. The van der Waals surface area contributed by atoms with Gasteiger partial charge in [0, 0.05) is 6.54 Å². The van der Waals surface area contributed by atoms with Crippen LogP contribution in [0.5, 0.6) is 0 Å². The van der Waals surface area contributed by atoms with E-state index in [9.17, 15) is 0 Å². The van der Waals surface area contributed by atoms with Gasteiger partial charge in [0.1, 0.15) is 0 Å². The van der Waals surface area contributed by atoms with Crippen LogP contribution in [0.4, 0.5) is 5.69 Å². The highest BCUT2D eigenvalue weighted by atomic mass is 35.5. The van der Waals surface area contributed by atoms with E-state index in [0.717, 1.165) is 0 Å². The molecule has 1 rings (SSSR count). The molecule has 0 fully saturated rings. The second-order valence-corrected chi connectivity index (χ2v) is 3.06. The second kappa shape index (κ2) is 4.55. The van der Waals surface area contributed by atoms with E-state index in [1.165, 1.54) is 0 Å². The summed E-state index contributed by atoms with van der Waals surface area (Å²) in [4.78, 5) is 0. The van der Waals surface area contributed by atoms with Gasteiger partial charge in [0.15, 0.2) is 0 Å². The van der Waals surface area contributed by atoms with Crippen molar-refractivity contribution in [3.8, 4) is 0 Å². The third-order valence-corrected chi connectivity index (χ3v) is 2.01. The smallest absolute Gasteiger partial charge is 0.0719 e. The summed E-state index contributed by atoms with van der Waals surface area (Å²) in [6, 6.07) is 5.26. The van der Waals surface area contributed by atoms with Crippen LogP contribution in [-0.4, -0.2) is 18.3 Å². The molecule has 0 aromatic heterocycles. The van der Waals surface area contributed by atoms with Crippen molar-refractivity contribution in [2.75, 3.05) is 18.5 Å². The zero-order valence-electron chi connectivity index (χ0n) is 6.35. The van der Waals surface area contributed by atoms with E-state index >= 15 is 0 Å². The fourth-order valence-electron chi connectivity index (χ4n) is 0.848. The van der Waals surface area contributed by atoms with E-state index in [2.05, 4.69) is 5.32 Å². The van der Waals surface area contributed by atoms with Gasteiger partial charge in [0.05, 0.1) is 22.3 Å². The number of nitrogens with one attached hydrogen (secondary N) is 1. The van der Waals surface area contributed by atoms with E-state index in [1.54, 1.807) is 18.2 Å². The van der Waals surface area contributed by atoms with Gasteiger partial charge >= 0.3 is 0 Å². The topological polar surface area (TPSA) is 32.3 Å². The van der Waals surface area contributed by atoms with Crippen LogP contribution in [0.1, 0.15) is 0 Å². The maximum atomic E-state index is 8.56. The molecule has 0 atom stereocenters. The SMILES string of the molecule is OCCNc1c(Cl)cccc1Cl. The van der Waals surface area contributed by atoms with Gasteiger partial charge in [-0.15, -0.1) is 0 Å². The van der Waals surface area contributed by atoms with Gasteiger partial charge in [-0.2, -0.15) is 0 Å². The normalized spacial score (nSPS) is 9.92. The fraction of sp³-hybridized carbons (Fsp3) is 0.250. The van der Waals surface area contributed by atoms with Crippen LogP contribution in [-0.2, 0) is 0 Å². The number of benzene rings is 1. The summed E-state index contributed by atoms with van der Waals surface area (Å²) in [6.45, 7) is 0.505. The van der Waals surface area contributed by atoms with Crippen LogP contribution >= 0.6 is 23.2 Å². The summed E-state index contributed by atoms with van der Waals surface area (Å²) in [5, 5.41) is 12.6. The first kappa shape index (κ1) is 9.65. The quantitative estimate of drug-likeness (QED) is 0.795. The molecule has 2 N–H and O–H groups in total. The Morgan fingerprint density at radius 3 is 2.33 bits per heavy atom. The van der Waals surface area contributed by atoms with Gasteiger partial charge in [0.2, 0.25) is 0 Å².